The number of amidine groups is 1. The second kappa shape index (κ2) is 5.88. The lowest BCUT2D eigenvalue weighted by molar-refractivity contribution is -0.137. The van der Waals surface area contributed by atoms with E-state index in [4.69, 9.17) is 21.0 Å². The van der Waals surface area contributed by atoms with Crippen molar-refractivity contribution in [2.45, 2.75) is 13.1 Å². The summed E-state index contributed by atoms with van der Waals surface area (Å²) in [4.78, 5) is 9.00. The Balaban J connectivity index is 0.000000557. The molecule has 0 aromatic heterocycles. The largest absolute Gasteiger partial charge is 0.481 e. The molecule has 0 aliphatic rings. The predicted octanol–water partition coefficient (Wildman–Crippen LogP) is 2.08. The third kappa shape index (κ3) is 6.18. The molecule has 0 aliphatic carbocycles. The first-order valence-corrected chi connectivity index (χ1v) is 4.35. The fraction of sp³-hybridized carbons (Fsp3) is 0.200. The highest BCUT2D eigenvalue weighted by atomic mass is 19.4. The Kier molecular flexibility index (Phi) is 5.17. The molecular formula is C10H11F3N2O2. The molecule has 0 radical (unpaired) electrons. The van der Waals surface area contributed by atoms with Gasteiger partial charge in [0.1, 0.15) is 5.84 Å². The molecule has 0 unspecified atom stereocenters. The summed E-state index contributed by atoms with van der Waals surface area (Å²) >= 11 is 0. The average molecular weight is 248 g/mol. The fourth-order valence-electron chi connectivity index (χ4n) is 0.839. The molecule has 0 heterocycles. The van der Waals surface area contributed by atoms with Crippen molar-refractivity contribution in [3.05, 3.63) is 35.4 Å². The molecule has 0 saturated heterocycles. The summed E-state index contributed by atoms with van der Waals surface area (Å²) in [5, 5.41) is 14.4. The standard InChI is InChI=1S/C8H7F3N2.C2H4O2/c9-8(10,11)6-3-1-5(2-4-6)7(12)13;1-2(3)4/h1-4H,(H3,12,13);1H3,(H,3,4). The van der Waals surface area contributed by atoms with Crippen molar-refractivity contribution in [2.24, 2.45) is 5.73 Å². The predicted molar refractivity (Wildman–Crippen MR) is 55.8 cm³/mol. The van der Waals surface area contributed by atoms with Gasteiger partial charge in [-0.2, -0.15) is 13.2 Å². The highest BCUT2D eigenvalue weighted by Crippen LogP contribution is 2.28. The third-order valence-corrected chi connectivity index (χ3v) is 1.52. The highest BCUT2D eigenvalue weighted by molar-refractivity contribution is 5.94. The van der Waals surface area contributed by atoms with Gasteiger partial charge in [-0.25, -0.2) is 0 Å². The monoisotopic (exact) mass is 248 g/mol. The van der Waals surface area contributed by atoms with Crippen LogP contribution < -0.4 is 5.73 Å². The van der Waals surface area contributed by atoms with Gasteiger partial charge in [0, 0.05) is 12.5 Å². The Morgan fingerprint density at radius 3 is 1.88 bits per heavy atom. The smallest absolute Gasteiger partial charge is 0.416 e. The van der Waals surface area contributed by atoms with E-state index >= 15 is 0 Å². The van der Waals surface area contributed by atoms with E-state index in [-0.39, 0.29) is 11.4 Å². The number of nitrogens with two attached hydrogens (primary N) is 1. The number of nitrogens with one attached hydrogen (secondary N) is 1. The van der Waals surface area contributed by atoms with E-state index in [1.165, 1.54) is 12.1 Å². The van der Waals surface area contributed by atoms with E-state index in [9.17, 15) is 13.2 Å². The van der Waals surface area contributed by atoms with Gasteiger partial charge in [0.2, 0.25) is 0 Å². The number of halogens is 3. The first kappa shape index (κ1) is 14.9. The number of carbonyl (C=O) groups is 1. The number of hydrogen-bond donors (Lipinski definition) is 3. The lowest BCUT2D eigenvalue weighted by atomic mass is 10.1. The average Bonchev–Trinajstić information content (AvgIpc) is 2.15. The van der Waals surface area contributed by atoms with Crippen LogP contribution in [0.2, 0.25) is 0 Å². The molecule has 0 spiro atoms. The second-order valence-corrected chi connectivity index (χ2v) is 3.01. The van der Waals surface area contributed by atoms with Crippen LogP contribution in [0.4, 0.5) is 13.2 Å². The van der Waals surface area contributed by atoms with Crippen LogP contribution in [0.5, 0.6) is 0 Å². The Labute approximate surface area is 95.4 Å². The van der Waals surface area contributed by atoms with Crippen LogP contribution >= 0.6 is 0 Å². The Hall–Kier alpha value is -2.05. The van der Waals surface area contributed by atoms with Crippen LogP contribution in [-0.4, -0.2) is 16.9 Å². The molecule has 17 heavy (non-hydrogen) atoms. The Morgan fingerprint density at radius 2 is 1.65 bits per heavy atom. The molecule has 0 bridgehead atoms. The van der Waals surface area contributed by atoms with Gasteiger partial charge in [0.15, 0.2) is 0 Å². The van der Waals surface area contributed by atoms with Gasteiger partial charge in [-0.15, -0.1) is 0 Å². The lowest BCUT2D eigenvalue weighted by Crippen LogP contribution is -2.12. The third-order valence-electron chi connectivity index (χ3n) is 1.52. The SMILES string of the molecule is CC(=O)O.N=C(N)c1ccc(C(F)(F)F)cc1. The van der Waals surface area contributed by atoms with Crippen molar-refractivity contribution < 1.29 is 23.1 Å². The maximum Gasteiger partial charge on any atom is 0.416 e. The minimum absolute atomic E-state index is 0.242. The van der Waals surface area contributed by atoms with Gasteiger partial charge in [-0.1, -0.05) is 12.1 Å². The first-order valence-electron chi connectivity index (χ1n) is 4.35. The van der Waals surface area contributed by atoms with Crippen LogP contribution in [0.25, 0.3) is 0 Å². The van der Waals surface area contributed by atoms with E-state index in [0.717, 1.165) is 19.1 Å². The van der Waals surface area contributed by atoms with Crippen molar-refractivity contribution in [3.8, 4) is 0 Å². The zero-order chi connectivity index (χ0) is 13.6. The Morgan fingerprint density at radius 1 is 1.29 bits per heavy atom. The summed E-state index contributed by atoms with van der Waals surface area (Å²) < 4.78 is 36.1. The van der Waals surface area contributed by atoms with Gasteiger partial charge >= 0.3 is 6.18 Å². The van der Waals surface area contributed by atoms with Gasteiger partial charge in [-0.05, 0) is 12.1 Å². The van der Waals surface area contributed by atoms with Crippen molar-refractivity contribution >= 4 is 11.8 Å². The molecule has 4 N–H and O–H groups in total. The normalized spacial score (nSPS) is 10.1. The summed E-state index contributed by atoms with van der Waals surface area (Å²) in [6.07, 6.45) is -4.34. The summed E-state index contributed by atoms with van der Waals surface area (Å²) in [7, 11) is 0. The van der Waals surface area contributed by atoms with Gasteiger partial charge in [0.25, 0.3) is 5.97 Å². The van der Waals surface area contributed by atoms with Gasteiger partial charge < -0.3 is 10.8 Å². The van der Waals surface area contributed by atoms with Crippen LogP contribution in [0.1, 0.15) is 18.1 Å². The first-order chi connectivity index (χ1) is 7.64. The molecule has 0 amide bonds. The number of hydrogen-bond acceptors (Lipinski definition) is 2. The number of alkyl halides is 3. The molecule has 94 valence electrons. The van der Waals surface area contributed by atoms with E-state index in [1.54, 1.807) is 0 Å². The molecule has 0 aliphatic heterocycles. The van der Waals surface area contributed by atoms with Crippen LogP contribution in [0.3, 0.4) is 0 Å². The molecule has 1 rings (SSSR count). The molecular weight excluding hydrogens is 237 g/mol. The molecule has 1 aromatic carbocycles. The molecule has 7 heteroatoms. The van der Waals surface area contributed by atoms with E-state index in [0.29, 0.717) is 0 Å². The Bertz CT molecular complexity index is 395. The molecule has 4 nitrogen and oxygen atoms in total. The maximum atomic E-state index is 12.0. The van der Waals surface area contributed by atoms with Crippen LogP contribution in [-0.2, 0) is 11.0 Å². The number of carboxylic acids is 1. The molecule has 0 saturated carbocycles. The summed E-state index contributed by atoms with van der Waals surface area (Å²) in [5.41, 5.74) is 4.62. The van der Waals surface area contributed by atoms with Gasteiger partial charge in [0.05, 0.1) is 5.56 Å². The summed E-state index contributed by atoms with van der Waals surface area (Å²) in [6, 6.07) is 4.14. The second-order valence-electron chi connectivity index (χ2n) is 3.01. The van der Waals surface area contributed by atoms with Crippen molar-refractivity contribution in [1.29, 1.82) is 5.41 Å². The zero-order valence-electron chi connectivity index (χ0n) is 8.88. The van der Waals surface area contributed by atoms with Crippen LogP contribution in [0, 0.1) is 5.41 Å². The maximum absolute atomic E-state index is 12.0. The highest BCUT2D eigenvalue weighted by Gasteiger charge is 2.29. The minimum Gasteiger partial charge on any atom is -0.481 e. The molecule has 0 atom stereocenters. The number of carboxylic acid groups (broad SMARTS) is 1. The topological polar surface area (TPSA) is 87.2 Å². The van der Waals surface area contributed by atoms with E-state index in [2.05, 4.69) is 0 Å². The van der Waals surface area contributed by atoms with Crippen molar-refractivity contribution in [1.82, 2.24) is 0 Å². The van der Waals surface area contributed by atoms with Gasteiger partial charge in [-0.3, -0.25) is 10.2 Å². The van der Waals surface area contributed by atoms with Crippen LogP contribution in [0.15, 0.2) is 24.3 Å². The number of rotatable bonds is 1. The van der Waals surface area contributed by atoms with E-state index in [1.807, 2.05) is 0 Å². The zero-order valence-corrected chi connectivity index (χ0v) is 8.88. The fourth-order valence-corrected chi connectivity index (χ4v) is 0.839. The quantitative estimate of drug-likeness (QED) is 0.525. The summed E-state index contributed by atoms with van der Waals surface area (Å²) in [5.74, 6) is -1.08. The van der Waals surface area contributed by atoms with E-state index < -0.39 is 17.7 Å². The van der Waals surface area contributed by atoms with Crippen molar-refractivity contribution in [3.63, 3.8) is 0 Å². The van der Waals surface area contributed by atoms with Crippen molar-refractivity contribution in [2.75, 3.05) is 0 Å². The molecule has 1 aromatic rings. The number of aliphatic carboxylic acids is 1. The molecule has 0 fully saturated rings. The number of nitrogen functional groups attached to an aromatic ring is 1. The number of benzene rings is 1. The minimum atomic E-state index is -4.34. The lowest BCUT2D eigenvalue weighted by Gasteiger charge is -2.06. The summed E-state index contributed by atoms with van der Waals surface area (Å²) in [6.45, 7) is 1.08.